The smallest absolute Gasteiger partial charge is 0.345 e. The largest absolute Gasteiger partial charge is 0.422 e. The highest BCUT2D eigenvalue weighted by Gasteiger charge is 2.24. The summed E-state index contributed by atoms with van der Waals surface area (Å²) in [5.74, 6) is -0.391. The molecule has 2 N–H and O–H groups in total. The predicted molar refractivity (Wildman–Crippen MR) is 135 cm³/mol. The third-order valence-corrected chi connectivity index (χ3v) is 7.21. The van der Waals surface area contributed by atoms with Gasteiger partial charge >= 0.3 is 5.63 Å². The number of hydrogen-bond acceptors (Lipinski definition) is 5. The van der Waals surface area contributed by atoms with E-state index in [2.05, 4.69) is 16.4 Å². The van der Waals surface area contributed by atoms with Crippen LogP contribution in [0, 0.1) is 17.1 Å². The van der Waals surface area contributed by atoms with E-state index >= 15 is 0 Å². The molecule has 7 nitrogen and oxygen atoms in total. The van der Waals surface area contributed by atoms with Gasteiger partial charge in [0.1, 0.15) is 11.4 Å². The van der Waals surface area contributed by atoms with Crippen LogP contribution in [0.15, 0.2) is 68.6 Å². The van der Waals surface area contributed by atoms with E-state index in [1.807, 2.05) is 10.6 Å². The number of pyridine rings is 1. The molecule has 0 radical (unpaired) electrons. The van der Waals surface area contributed by atoms with Crippen molar-refractivity contribution in [3.63, 3.8) is 0 Å². The summed E-state index contributed by atoms with van der Waals surface area (Å²) < 4.78 is 21.0. The topological polar surface area (TPSA) is 104 Å². The molecular formula is C28H23FN4O3. The Bertz CT molecular complexity index is 1790. The van der Waals surface area contributed by atoms with E-state index in [9.17, 15) is 19.2 Å². The first-order valence-electron chi connectivity index (χ1n) is 12.0. The highest BCUT2D eigenvalue weighted by Crippen LogP contribution is 2.31. The van der Waals surface area contributed by atoms with Gasteiger partial charge in [-0.05, 0) is 73.5 Å². The second-order valence-electron chi connectivity index (χ2n) is 9.43. The van der Waals surface area contributed by atoms with Crippen molar-refractivity contribution in [1.29, 1.82) is 5.26 Å². The Morgan fingerprint density at radius 3 is 2.64 bits per heavy atom. The summed E-state index contributed by atoms with van der Waals surface area (Å²) in [7, 11) is 0. The van der Waals surface area contributed by atoms with Crippen molar-refractivity contribution >= 4 is 32.8 Å². The number of halogens is 1. The van der Waals surface area contributed by atoms with Crippen LogP contribution in [0.1, 0.15) is 43.0 Å². The molecule has 0 aliphatic heterocycles. The summed E-state index contributed by atoms with van der Waals surface area (Å²) in [5, 5.41) is 14.7. The van der Waals surface area contributed by atoms with Gasteiger partial charge < -0.3 is 19.3 Å². The van der Waals surface area contributed by atoms with Crippen LogP contribution in [-0.4, -0.2) is 15.6 Å². The third-order valence-electron chi connectivity index (χ3n) is 7.21. The van der Waals surface area contributed by atoms with Gasteiger partial charge in [-0.3, -0.25) is 4.79 Å². The zero-order valence-electron chi connectivity index (χ0n) is 19.4. The molecule has 0 unspecified atom stereocenters. The summed E-state index contributed by atoms with van der Waals surface area (Å²) in [4.78, 5) is 28.4. The van der Waals surface area contributed by atoms with E-state index in [1.54, 1.807) is 30.3 Å². The number of benzene rings is 2. The number of hydrogen-bond donors (Lipinski definition) is 2. The van der Waals surface area contributed by atoms with E-state index in [-0.39, 0.29) is 17.6 Å². The molecule has 1 aliphatic rings. The van der Waals surface area contributed by atoms with Gasteiger partial charge in [-0.25, -0.2) is 9.18 Å². The van der Waals surface area contributed by atoms with Crippen molar-refractivity contribution < 1.29 is 8.81 Å². The van der Waals surface area contributed by atoms with Crippen LogP contribution in [0.3, 0.4) is 0 Å². The summed E-state index contributed by atoms with van der Waals surface area (Å²) in [5.41, 5.74) is 2.60. The molecule has 0 atom stereocenters. The molecule has 1 fully saturated rings. The molecule has 0 spiro atoms. The molecule has 6 rings (SSSR count). The standard InChI is InChI=1S/C28H23FN4O3/c29-18-4-9-25-22(12-18)27-23(28(35)36-25)13-20(32-27)15-31-19-5-7-21(8-6-19)33-24-11-16(14-30)1-2-17(24)3-10-26(33)34/h1-4,9-13,19,21,31-32H,5-8,15H2. The molecule has 3 heterocycles. The van der Waals surface area contributed by atoms with Crippen LogP contribution in [0.5, 0.6) is 0 Å². The van der Waals surface area contributed by atoms with Gasteiger partial charge in [-0.15, -0.1) is 0 Å². The van der Waals surface area contributed by atoms with Crippen molar-refractivity contribution in [3.8, 4) is 6.07 Å². The molecule has 0 bridgehead atoms. The molecule has 3 aromatic heterocycles. The van der Waals surface area contributed by atoms with Gasteiger partial charge in [0.15, 0.2) is 0 Å². The molecule has 36 heavy (non-hydrogen) atoms. The number of nitrogens with zero attached hydrogens (tertiary/aromatic N) is 2. The van der Waals surface area contributed by atoms with Gasteiger partial charge in [0, 0.05) is 35.8 Å². The monoisotopic (exact) mass is 482 g/mol. The summed E-state index contributed by atoms with van der Waals surface area (Å²) >= 11 is 0. The Labute approximate surface area is 204 Å². The van der Waals surface area contributed by atoms with Crippen molar-refractivity contribution in [2.45, 2.75) is 44.3 Å². The average Bonchev–Trinajstić information content (AvgIpc) is 3.33. The quantitative estimate of drug-likeness (QED) is 0.356. The van der Waals surface area contributed by atoms with Crippen LogP contribution >= 0.6 is 0 Å². The van der Waals surface area contributed by atoms with E-state index in [1.165, 1.54) is 18.2 Å². The van der Waals surface area contributed by atoms with Crippen LogP contribution in [-0.2, 0) is 6.54 Å². The normalized spacial score (nSPS) is 18.1. The van der Waals surface area contributed by atoms with Crippen LogP contribution in [0.4, 0.5) is 4.39 Å². The number of nitriles is 1. The number of aromatic amines is 1. The van der Waals surface area contributed by atoms with Gasteiger partial charge in [0.25, 0.3) is 5.56 Å². The van der Waals surface area contributed by atoms with Crippen LogP contribution in [0.25, 0.3) is 32.8 Å². The maximum absolute atomic E-state index is 13.8. The molecular weight excluding hydrogens is 459 g/mol. The lowest BCUT2D eigenvalue weighted by Crippen LogP contribution is -2.35. The molecule has 180 valence electrons. The first-order chi connectivity index (χ1) is 17.5. The fourth-order valence-electron chi connectivity index (χ4n) is 5.41. The van der Waals surface area contributed by atoms with Crippen molar-refractivity contribution in [2.24, 2.45) is 0 Å². The summed E-state index contributed by atoms with van der Waals surface area (Å²) in [6.45, 7) is 0.528. The highest BCUT2D eigenvalue weighted by atomic mass is 19.1. The second-order valence-corrected chi connectivity index (χ2v) is 9.43. The second kappa shape index (κ2) is 8.77. The Kier molecular flexibility index (Phi) is 5.42. The van der Waals surface area contributed by atoms with E-state index in [4.69, 9.17) is 4.42 Å². The maximum Gasteiger partial charge on any atom is 0.345 e. The minimum absolute atomic E-state index is 0.0467. The average molecular weight is 483 g/mol. The SMILES string of the molecule is N#Cc1ccc2ccc(=O)n(C3CCC(NCc4cc5c(=O)oc6ccc(F)cc6c5[nH]4)CC3)c2c1. The van der Waals surface area contributed by atoms with Gasteiger partial charge in [0.05, 0.1) is 28.1 Å². The minimum Gasteiger partial charge on any atom is -0.422 e. The number of rotatable bonds is 4. The maximum atomic E-state index is 13.8. The number of fused-ring (bicyclic) bond motifs is 4. The Morgan fingerprint density at radius 2 is 1.83 bits per heavy atom. The molecule has 0 saturated heterocycles. The first-order valence-corrected chi connectivity index (χ1v) is 12.0. The van der Waals surface area contributed by atoms with Crippen LogP contribution < -0.4 is 16.5 Å². The van der Waals surface area contributed by atoms with E-state index < -0.39 is 11.4 Å². The third kappa shape index (κ3) is 3.88. The van der Waals surface area contributed by atoms with Gasteiger partial charge in [-0.2, -0.15) is 5.26 Å². The molecule has 8 heteroatoms. The van der Waals surface area contributed by atoms with Crippen LogP contribution in [0.2, 0.25) is 0 Å². The highest BCUT2D eigenvalue weighted by molar-refractivity contribution is 6.02. The lowest BCUT2D eigenvalue weighted by atomic mass is 9.90. The van der Waals surface area contributed by atoms with E-state index in [0.717, 1.165) is 42.3 Å². The fourth-order valence-corrected chi connectivity index (χ4v) is 5.41. The first kappa shape index (κ1) is 22.3. The number of H-pyrrole nitrogens is 1. The Hall–Kier alpha value is -4.22. The zero-order chi connectivity index (χ0) is 24.8. The van der Waals surface area contributed by atoms with Crippen molar-refractivity contribution in [1.82, 2.24) is 14.9 Å². The lowest BCUT2D eigenvalue weighted by Gasteiger charge is -2.31. The fraction of sp³-hybridized carbons (Fsp3) is 0.250. The van der Waals surface area contributed by atoms with E-state index in [0.29, 0.717) is 34.0 Å². The van der Waals surface area contributed by atoms with Crippen molar-refractivity contribution in [3.05, 3.63) is 92.4 Å². The summed E-state index contributed by atoms with van der Waals surface area (Å²) in [6, 6.07) is 17.2. The Balaban J connectivity index is 1.18. The molecule has 1 aliphatic carbocycles. The molecule has 1 saturated carbocycles. The van der Waals surface area contributed by atoms with Crippen molar-refractivity contribution in [2.75, 3.05) is 0 Å². The number of nitrogens with one attached hydrogen (secondary N) is 2. The lowest BCUT2D eigenvalue weighted by molar-refractivity contribution is 0.290. The van der Waals surface area contributed by atoms with Gasteiger partial charge in [-0.1, -0.05) is 6.07 Å². The zero-order valence-corrected chi connectivity index (χ0v) is 19.4. The molecule has 2 aromatic carbocycles. The summed E-state index contributed by atoms with van der Waals surface area (Å²) in [6.07, 6.45) is 3.46. The molecule has 5 aromatic rings. The minimum atomic E-state index is -0.452. The van der Waals surface area contributed by atoms with Gasteiger partial charge in [0.2, 0.25) is 0 Å². The molecule has 0 amide bonds. The Morgan fingerprint density at radius 1 is 1.03 bits per heavy atom. The predicted octanol–water partition coefficient (Wildman–Crippen LogP) is 4.87. The number of aromatic nitrogens is 2.